The Morgan fingerprint density at radius 3 is 2.93 bits per heavy atom. The van der Waals surface area contributed by atoms with Crippen molar-refractivity contribution in [2.75, 3.05) is 0 Å². The molecule has 1 N–H and O–H groups in total. The van der Waals surface area contributed by atoms with E-state index in [2.05, 4.69) is 16.7 Å². The van der Waals surface area contributed by atoms with Crippen molar-refractivity contribution in [3.05, 3.63) is 47.1 Å². The van der Waals surface area contributed by atoms with E-state index >= 15 is 0 Å². The average Bonchev–Trinajstić information content (AvgIpc) is 2.77. The topological polar surface area (TPSA) is 49.1 Å². The van der Waals surface area contributed by atoms with Crippen molar-refractivity contribution in [1.29, 1.82) is 5.41 Å². The van der Waals surface area contributed by atoms with Crippen LogP contribution in [0.1, 0.15) is 11.3 Å². The maximum atomic E-state index is 7.99. The number of aromatic nitrogens is 1. The molecular formula is C11H9N3S. The molecule has 0 bridgehead atoms. The zero-order valence-electron chi connectivity index (χ0n) is 7.97. The Hall–Kier alpha value is -1.81. The van der Waals surface area contributed by atoms with Crippen LogP contribution in [0.25, 0.3) is 0 Å². The number of pyridine rings is 1. The molecule has 0 saturated carbocycles. The summed E-state index contributed by atoms with van der Waals surface area (Å²) in [6.07, 6.45) is 1.68. The fourth-order valence-corrected chi connectivity index (χ4v) is 1.97. The molecule has 2 aromatic heterocycles. The molecule has 2 heterocycles. The Bertz CT molecular complexity index is 488. The first-order valence-corrected chi connectivity index (χ1v) is 5.25. The van der Waals surface area contributed by atoms with Crippen LogP contribution in [0.2, 0.25) is 0 Å². The molecule has 0 aliphatic carbocycles. The van der Waals surface area contributed by atoms with E-state index in [9.17, 15) is 0 Å². The van der Waals surface area contributed by atoms with Crippen molar-refractivity contribution in [2.24, 2.45) is 4.99 Å². The van der Waals surface area contributed by atoms with E-state index in [0.717, 1.165) is 10.6 Å². The highest BCUT2D eigenvalue weighted by molar-refractivity contribution is 7.14. The van der Waals surface area contributed by atoms with E-state index in [1.807, 2.05) is 29.6 Å². The highest BCUT2D eigenvalue weighted by Crippen LogP contribution is 2.27. The zero-order chi connectivity index (χ0) is 10.7. The van der Waals surface area contributed by atoms with Crippen LogP contribution in [0, 0.1) is 5.41 Å². The van der Waals surface area contributed by atoms with Gasteiger partial charge in [0.25, 0.3) is 0 Å². The van der Waals surface area contributed by atoms with Crippen molar-refractivity contribution in [1.82, 2.24) is 4.98 Å². The van der Waals surface area contributed by atoms with Gasteiger partial charge in [0.15, 0.2) is 0 Å². The van der Waals surface area contributed by atoms with Crippen LogP contribution in [0.4, 0.5) is 5.00 Å². The normalized spacial score (nSPS) is 9.87. The first kappa shape index (κ1) is 9.73. The molecule has 0 aliphatic heterocycles. The van der Waals surface area contributed by atoms with Crippen molar-refractivity contribution >= 4 is 28.8 Å². The molecule has 0 amide bonds. The Kier molecular flexibility index (Phi) is 2.69. The third kappa shape index (κ3) is 1.85. The fourth-order valence-electron chi connectivity index (χ4n) is 1.26. The number of aliphatic imine (C=N–C) groups is 1. The van der Waals surface area contributed by atoms with Crippen LogP contribution in [0.3, 0.4) is 0 Å². The molecule has 74 valence electrons. The van der Waals surface area contributed by atoms with Gasteiger partial charge in [-0.2, -0.15) is 0 Å². The number of hydrogen-bond donors (Lipinski definition) is 1. The summed E-state index contributed by atoms with van der Waals surface area (Å²) in [5.41, 5.74) is 1.83. The Morgan fingerprint density at radius 1 is 1.40 bits per heavy atom. The van der Waals surface area contributed by atoms with Gasteiger partial charge in [0.1, 0.15) is 5.00 Å². The van der Waals surface area contributed by atoms with Gasteiger partial charge in [0.2, 0.25) is 0 Å². The Morgan fingerprint density at radius 2 is 2.27 bits per heavy atom. The molecule has 0 aliphatic rings. The first-order valence-electron chi connectivity index (χ1n) is 4.37. The highest BCUT2D eigenvalue weighted by Gasteiger charge is 2.10. The third-order valence-corrected chi connectivity index (χ3v) is 2.82. The molecule has 3 nitrogen and oxygen atoms in total. The van der Waals surface area contributed by atoms with E-state index < -0.39 is 0 Å². The summed E-state index contributed by atoms with van der Waals surface area (Å²) < 4.78 is 0. The standard InChI is InChI=1S/C11H9N3S/c1-13-11-8(5-7-15-11)10(12)9-4-2-3-6-14-9/h2-7,12H,1H2. The van der Waals surface area contributed by atoms with Crippen LogP contribution >= 0.6 is 11.3 Å². The monoisotopic (exact) mass is 215 g/mol. The van der Waals surface area contributed by atoms with E-state index in [1.165, 1.54) is 11.3 Å². The van der Waals surface area contributed by atoms with Crippen molar-refractivity contribution < 1.29 is 0 Å². The second kappa shape index (κ2) is 4.14. The van der Waals surface area contributed by atoms with Crippen LogP contribution in [0.15, 0.2) is 40.8 Å². The molecule has 2 aromatic rings. The molecule has 0 atom stereocenters. The van der Waals surface area contributed by atoms with Crippen molar-refractivity contribution in [2.45, 2.75) is 0 Å². The van der Waals surface area contributed by atoms with Gasteiger partial charge < -0.3 is 0 Å². The summed E-state index contributed by atoms with van der Waals surface area (Å²) in [6.45, 7) is 3.48. The highest BCUT2D eigenvalue weighted by atomic mass is 32.1. The molecule has 0 fully saturated rings. The van der Waals surface area contributed by atoms with Gasteiger partial charge in [-0.3, -0.25) is 15.4 Å². The van der Waals surface area contributed by atoms with Gasteiger partial charge in [0.05, 0.1) is 11.4 Å². The number of hydrogen-bond acceptors (Lipinski definition) is 4. The maximum absolute atomic E-state index is 7.99. The Labute approximate surface area is 91.7 Å². The summed E-state index contributed by atoms with van der Waals surface area (Å²) >= 11 is 1.47. The van der Waals surface area contributed by atoms with Gasteiger partial charge in [-0.15, -0.1) is 11.3 Å². The predicted molar refractivity (Wildman–Crippen MR) is 63.7 cm³/mol. The molecule has 0 spiro atoms. The minimum absolute atomic E-state index is 0.388. The molecular weight excluding hydrogens is 206 g/mol. The van der Waals surface area contributed by atoms with Gasteiger partial charge >= 0.3 is 0 Å². The first-order chi connectivity index (χ1) is 7.33. The van der Waals surface area contributed by atoms with Gasteiger partial charge in [-0.25, -0.2) is 0 Å². The largest absolute Gasteiger partial charge is 0.298 e. The van der Waals surface area contributed by atoms with Crippen LogP contribution in [0.5, 0.6) is 0 Å². The maximum Gasteiger partial charge on any atom is 0.124 e. The van der Waals surface area contributed by atoms with Crippen LogP contribution in [-0.2, 0) is 0 Å². The lowest BCUT2D eigenvalue weighted by molar-refractivity contribution is 1.27. The number of rotatable bonds is 3. The van der Waals surface area contributed by atoms with Gasteiger partial charge in [-0.1, -0.05) is 6.07 Å². The van der Waals surface area contributed by atoms with Crippen LogP contribution < -0.4 is 0 Å². The minimum atomic E-state index is 0.388. The lowest BCUT2D eigenvalue weighted by Gasteiger charge is -2.01. The molecule has 0 aromatic carbocycles. The fraction of sp³-hybridized carbons (Fsp3) is 0. The lowest BCUT2D eigenvalue weighted by Crippen LogP contribution is -2.02. The average molecular weight is 215 g/mol. The molecule has 0 radical (unpaired) electrons. The van der Waals surface area contributed by atoms with Crippen molar-refractivity contribution in [3.8, 4) is 0 Å². The Balaban J connectivity index is 2.41. The second-order valence-corrected chi connectivity index (χ2v) is 3.78. The number of thiophene rings is 1. The molecule has 2 rings (SSSR count). The van der Waals surface area contributed by atoms with E-state index in [1.54, 1.807) is 6.20 Å². The van der Waals surface area contributed by atoms with E-state index in [-0.39, 0.29) is 0 Å². The molecule has 0 saturated heterocycles. The molecule has 0 unspecified atom stereocenters. The predicted octanol–water partition coefficient (Wildman–Crippen LogP) is 2.89. The van der Waals surface area contributed by atoms with Gasteiger partial charge in [0, 0.05) is 11.8 Å². The summed E-state index contributed by atoms with van der Waals surface area (Å²) in [5.74, 6) is 0. The summed E-state index contributed by atoms with van der Waals surface area (Å²) in [5, 5.41) is 10.7. The van der Waals surface area contributed by atoms with Gasteiger partial charge in [-0.05, 0) is 30.3 Å². The molecule has 15 heavy (non-hydrogen) atoms. The summed E-state index contributed by atoms with van der Waals surface area (Å²) in [6, 6.07) is 7.37. The summed E-state index contributed by atoms with van der Waals surface area (Å²) in [7, 11) is 0. The zero-order valence-corrected chi connectivity index (χ0v) is 8.79. The quantitative estimate of drug-likeness (QED) is 0.786. The third-order valence-electron chi connectivity index (χ3n) is 1.98. The second-order valence-electron chi connectivity index (χ2n) is 2.89. The minimum Gasteiger partial charge on any atom is -0.298 e. The number of nitrogens with zero attached hydrogens (tertiary/aromatic N) is 2. The summed E-state index contributed by atoms with van der Waals surface area (Å²) in [4.78, 5) is 8.01. The van der Waals surface area contributed by atoms with Crippen LogP contribution in [-0.4, -0.2) is 17.4 Å². The lowest BCUT2D eigenvalue weighted by atomic mass is 10.1. The van der Waals surface area contributed by atoms with E-state index in [0.29, 0.717) is 11.4 Å². The molecule has 4 heteroatoms. The van der Waals surface area contributed by atoms with E-state index in [4.69, 9.17) is 5.41 Å². The smallest absolute Gasteiger partial charge is 0.124 e. The van der Waals surface area contributed by atoms with Crippen molar-refractivity contribution in [3.63, 3.8) is 0 Å². The number of nitrogens with one attached hydrogen (secondary N) is 1. The SMILES string of the molecule is C=Nc1sccc1C(=N)c1ccccn1.